The number of nitrogens with zero attached hydrogens (tertiary/aromatic N) is 1. The standard InChI is InChI=1S/C14H13F2NO3/c15-8-6-10-12(11(16)7-8)17(14(19)13(10)18)4-3-9-2-1-5-20-9/h6-7,9H,1-5H2. The summed E-state index contributed by atoms with van der Waals surface area (Å²) in [6.07, 6.45) is 2.43. The average molecular weight is 281 g/mol. The number of anilines is 1. The van der Waals surface area contributed by atoms with Crippen LogP contribution in [0.3, 0.4) is 0 Å². The second-order valence-electron chi connectivity index (χ2n) is 4.99. The normalized spacial score (nSPS) is 21.7. The van der Waals surface area contributed by atoms with Crippen LogP contribution in [-0.2, 0) is 9.53 Å². The van der Waals surface area contributed by atoms with Gasteiger partial charge in [0, 0.05) is 19.2 Å². The number of hydrogen-bond acceptors (Lipinski definition) is 3. The SMILES string of the molecule is O=C1C(=O)N(CCC2CCCO2)c2c(F)cc(F)cc21. The lowest BCUT2D eigenvalue weighted by molar-refractivity contribution is -0.114. The van der Waals surface area contributed by atoms with Crippen molar-refractivity contribution in [3.05, 3.63) is 29.3 Å². The van der Waals surface area contributed by atoms with Crippen molar-refractivity contribution in [3.63, 3.8) is 0 Å². The van der Waals surface area contributed by atoms with Crippen LogP contribution < -0.4 is 4.90 Å². The van der Waals surface area contributed by atoms with Crippen molar-refractivity contribution in [3.8, 4) is 0 Å². The first-order valence-electron chi connectivity index (χ1n) is 6.55. The van der Waals surface area contributed by atoms with Gasteiger partial charge in [0.2, 0.25) is 0 Å². The second kappa shape index (κ2) is 4.94. The summed E-state index contributed by atoms with van der Waals surface area (Å²) in [6, 6.07) is 1.59. The number of hydrogen-bond donors (Lipinski definition) is 0. The van der Waals surface area contributed by atoms with E-state index in [1.807, 2.05) is 0 Å². The van der Waals surface area contributed by atoms with E-state index in [1.54, 1.807) is 0 Å². The topological polar surface area (TPSA) is 46.6 Å². The van der Waals surface area contributed by atoms with Gasteiger partial charge < -0.3 is 9.64 Å². The number of Topliss-reactive ketones (excluding diaryl/α,β-unsaturated/α-hetero) is 1. The first kappa shape index (κ1) is 13.2. The van der Waals surface area contributed by atoms with Crippen molar-refractivity contribution in [2.45, 2.75) is 25.4 Å². The number of carbonyl (C=O) groups excluding carboxylic acids is 2. The van der Waals surface area contributed by atoms with Crippen molar-refractivity contribution >= 4 is 17.4 Å². The van der Waals surface area contributed by atoms with Crippen molar-refractivity contribution in [1.82, 2.24) is 0 Å². The Hall–Kier alpha value is -1.82. The molecule has 4 nitrogen and oxygen atoms in total. The van der Waals surface area contributed by atoms with E-state index in [4.69, 9.17) is 4.74 Å². The maximum absolute atomic E-state index is 13.8. The summed E-state index contributed by atoms with van der Waals surface area (Å²) in [5.41, 5.74) is -0.306. The number of halogens is 2. The third-order valence-corrected chi connectivity index (χ3v) is 3.68. The molecular weight excluding hydrogens is 268 g/mol. The van der Waals surface area contributed by atoms with E-state index >= 15 is 0 Å². The van der Waals surface area contributed by atoms with E-state index in [9.17, 15) is 18.4 Å². The number of rotatable bonds is 3. The van der Waals surface area contributed by atoms with Crippen LogP contribution >= 0.6 is 0 Å². The van der Waals surface area contributed by atoms with Crippen LogP contribution in [0.15, 0.2) is 12.1 Å². The van der Waals surface area contributed by atoms with Gasteiger partial charge in [0.15, 0.2) is 5.82 Å². The summed E-state index contributed by atoms with van der Waals surface area (Å²) in [5, 5.41) is 0. The molecule has 3 rings (SSSR count). The molecule has 2 aliphatic rings. The van der Waals surface area contributed by atoms with E-state index in [2.05, 4.69) is 0 Å². The molecule has 1 fully saturated rings. The molecule has 1 amide bonds. The van der Waals surface area contributed by atoms with Crippen LogP contribution in [0.5, 0.6) is 0 Å². The number of amides is 1. The first-order valence-corrected chi connectivity index (χ1v) is 6.55. The number of ether oxygens (including phenoxy) is 1. The zero-order valence-electron chi connectivity index (χ0n) is 10.7. The molecule has 1 unspecified atom stereocenters. The summed E-state index contributed by atoms with van der Waals surface area (Å²) < 4.78 is 32.4. The van der Waals surface area contributed by atoms with Gasteiger partial charge in [-0.15, -0.1) is 0 Å². The Kier molecular flexibility index (Phi) is 3.25. The number of fused-ring (bicyclic) bond motifs is 1. The quantitative estimate of drug-likeness (QED) is 0.797. The molecule has 106 valence electrons. The fraction of sp³-hybridized carbons (Fsp3) is 0.429. The summed E-state index contributed by atoms with van der Waals surface area (Å²) in [4.78, 5) is 24.7. The molecule has 6 heteroatoms. The third kappa shape index (κ3) is 2.10. The van der Waals surface area contributed by atoms with Gasteiger partial charge in [0.25, 0.3) is 11.7 Å². The Morgan fingerprint density at radius 3 is 2.80 bits per heavy atom. The predicted molar refractivity (Wildman–Crippen MR) is 66.6 cm³/mol. The Labute approximate surface area is 114 Å². The molecular formula is C14H13F2NO3. The number of ketones is 1. The molecule has 2 aliphatic heterocycles. The molecule has 0 radical (unpaired) electrons. The fourth-order valence-electron chi connectivity index (χ4n) is 2.71. The lowest BCUT2D eigenvalue weighted by atomic mass is 10.1. The van der Waals surface area contributed by atoms with E-state index < -0.39 is 23.3 Å². The van der Waals surface area contributed by atoms with Gasteiger partial charge in [-0.3, -0.25) is 9.59 Å². The highest BCUT2D eigenvalue weighted by atomic mass is 19.1. The molecule has 0 aromatic heterocycles. The highest BCUT2D eigenvalue weighted by Crippen LogP contribution is 2.33. The van der Waals surface area contributed by atoms with Crippen LogP contribution in [0.1, 0.15) is 29.6 Å². The van der Waals surface area contributed by atoms with Gasteiger partial charge >= 0.3 is 0 Å². The van der Waals surface area contributed by atoms with Crippen LogP contribution in [0, 0.1) is 11.6 Å². The van der Waals surface area contributed by atoms with Gasteiger partial charge in [-0.2, -0.15) is 0 Å². The maximum Gasteiger partial charge on any atom is 0.299 e. The van der Waals surface area contributed by atoms with Crippen molar-refractivity contribution < 1.29 is 23.1 Å². The smallest absolute Gasteiger partial charge is 0.299 e. The minimum absolute atomic E-state index is 0.0328. The zero-order chi connectivity index (χ0) is 14.3. The van der Waals surface area contributed by atoms with Crippen LogP contribution in [0.4, 0.5) is 14.5 Å². The summed E-state index contributed by atoms with van der Waals surface area (Å²) in [7, 11) is 0. The van der Waals surface area contributed by atoms with Gasteiger partial charge in [0.05, 0.1) is 17.4 Å². The van der Waals surface area contributed by atoms with Crippen molar-refractivity contribution in [2.75, 3.05) is 18.1 Å². The minimum Gasteiger partial charge on any atom is -0.378 e. The molecule has 0 spiro atoms. The van der Waals surface area contributed by atoms with Crippen LogP contribution in [-0.4, -0.2) is 30.9 Å². The summed E-state index contributed by atoms with van der Waals surface area (Å²) >= 11 is 0. The largest absolute Gasteiger partial charge is 0.378 e. The molecule has 0 N–H and O–H groups in total. The van der Waals surface area contributed by atoms with Gasteiger partial charge in [-0.1, -0.05) is 0 Å². The average Bonchev–Trinajstić information content (AvgIpc) is 2.98. The highest BCUT2D eigenvalue weighted by molar-refractivity contribution is 6.52. The number of benzene rings is 1. The molecule has 1 atom stereocenters. The first-order chi connectivity index (χ1) is 9.58. The van der Waals surface area contributed by atoms with E-state index in [0.29, 0.717) is 19.1 Å². The molecule has 1 saturated heterocycles. The lowest BCUT2D eigenvalue weighted by Gasteiger charge is -2.19. The number of carbonyl (C=O) groups is 2. The fourth-order valence-corrected chi connectivity index (χ4v) is 2.71. The van der Waals surface area contributed by atoms with Crippen LogP contribution in [0.25, 0.3) is 0 Å². The van der Waals surface area contributed by atoms with Gasteiger partial charge in [0.1, 0.15) is 5.82 Å². The minimum atomic E-state index is -0.883. The Morgan fingerprint density at radius 2 is 2.10 bits per heavy atom. The summed E-state index contributed by atoms with van der Waals surface area (Å²) in [5.74, 6) is -3.40. The highest BCUT2D eigenvalue weighted by Gasteiger charge is 2.38. The molecule has 1 aromatic carbocycles. The van der Waals surface area contributed by atoms with Crippen molar-refractivity contribution in [2.24, 2.45) is 0 Å². The van der Waals surface area contributed by atoms with Gasteiger partial charge in [-0.25, -0.2) is 8.78 Å². The summed E-state index contributed by atoms with van der Waals surface area (Å²) in [6.45, 7) is 0.887. The molecule has 0 bridgehead atoms. The molecule has 0 aliphatic carbocycles. The molecule has 20 heavy (non-hydrogen) atoms. The van der Waals surface area contributed by atoms with Gasteiger partial charge in [-0.05, 0) is 25.3 Å². The van der Waals surface area contributed by atoms with E-state index in [0.717, 1.165) is 23.8 Å². The van der Waals surface area contributed by atoms with E-state index in [-0.39, 0.29) is 23.9 Å². The molecule has 2 heterocycles. The van der Waals surface area contributed by atoms with Crippen molar-refractivity contribution in [1.29, 1.82) is 0 Å². The maximum atomic E-state index is 13.8. The second-order valence-corrected chi connectivity index (χ2v) is 4.99. The Balaban J connectivity index is 1.85. The van der Waals surface area contributed by atoms with E-state index in [1.165, 1.54) is 0 Å². The molecule has 1 aromatic rings. The lowest BCUT2D eigenvalue weighted by Crippen LogP contribution is -2.32. The third-order valence-electron chi connectivity index (χ3n) is 3.68. The van der Waals surface area contributed by atoms with Crippen LogP contribution in [0.2, 0.25) is 0 Å². The Morgan fingerprint density at radius 1 is 1.30 bits per heavy atom. The zero-order valence-corrected chi connectivity index (χ0v) is 10.7. The molecule has 0 saturated carbocycles. The Bertz CT molecular complexity index is 582. The monoisotopic (exact) mass is 281 g/mol. The predicted octanol–water partition coefficient (Wildman–Crippen LogP) is 2.06.